The molecule has 0 saturated heterocycles. The summed E-state index contributed by atoms with van der Waals surface area (Å²) in [7, 11) is 0. The summed E-state index contributed by atoms with van der Waals surface area (Å²) >= 11 is 0. The molecule has 1 aliphatic rings. The van der Waals surface area contributed by atoms with Gasteiger partial charge in [-0.05, 0) is 31.2 Å². The van der Waals surface area contributed by atoms with Gasteiger partial charge in [0.2, 0.25) is 0 Å². The van der Waals surface area contributed by atoms with Crippen LogP contribution in [0.4, 0.5) is 13.2 Å². The number of hydrogen-bond donors (Lipinski definition) is 1. The quantitative estimate of drug-likeness (QED) is 0.881. The monoisotopic (exact) mass is 259 g/mol. The van der Waals surface area contributed by atoms with Crippen LogP contribution >= 0.6 is 0 Å². The van der Waals surface area contributed by atoms with Crippen molar-refractivity contribution in [3.8, 4) is 0 Å². The highest BCUT2D eigenvalue weighted by atomic mass is 19.4. The highest BCUT2D eigenvalue weighted by Crippen LogP contribution is 2.46. The summed E-state index contributed by atoms with van der Waals surface area (Å²) in [6.07, 6.45) is 0.225. The van der Waals surface area contributed by atoms with Crippen molar-refractivity contribution >= 4 is 0 Å². The van der Waals surface area contributed by atoms with Crippen LogP contribution in [-0.2, 0) is 11.8 Å². The molecule has 0 amide bonds. The number of nitrogens with zero attached hydrogens (tertiary/aromatic N) is 1. The molecule has 1 aromatic rings. The molecule has 0 radical (unpaired) electrons. The summed E-state index contributed by atoms with van der Waals surface area (Å²) in [5.74, 6) is 0.288. The standard InChI is InChI=1S/C13H16F3NO/c1-2-9-3-5-12(18,7-9)11-8-17-6-4-10(11)13(14,15)16/h4,6,8-9,18H,2-3,5,7H2,1H3. The van der Waals surface area contributed by atoms with Crippen LogP contribution in [0.5, 0.6) is 0 Å². The van der Waals surface area contributed by atoms with Crippen molar-refractivity contribution in [1.82, 2.24) is 4.98 Å². The van der Waals surface area contributed by atoms with Crippen molar-refractivity contribution in [2.75, 3.05) is 0 Å². The first-order chi connectivity index (χ1) is 8.37. The van der Waals surface area contributed by atoms with E-state index in [9.17, 15) is 18.3 Å². The number of rotatable bonds is 2. The first-order valence-electron chi connectivity index (χ1n) is 6.11. The van der Waals surface area contributed by atoms with E-state index in [1.807, 2.05) is 6.92 Å². The molecule has 1 N–H and O–H groups in total. The fourth-order valence-electron chi connectivity index (χ4n) is 2.73. The summed E-state index contributed by atoms with van der Waals surface area (Å²) in [4.78, 5) is 3.74. The Kier molecular flexibility index (Phi) is 3.36. The third-order valence-electron chi connectivity index (χ3n) is 3.80. The molecule has 0 spiro atoms. The second-order valence-electron chi connectivity index (χ2n) is 4.97. The summed E-state index contributed by atoms with van der Waals surface area (Å²) in [6, 6.07) is 0.937. The van der Waals surface area contributed by atoms with Crippen LogP contribution in [0.3, 0.4) is 0 Å². The number of aromatic nitrogens is 1. The van der Waals surface area contributed by atoms with E-state index in [0.29, 0.717) is 12.8 Å². The zero-order chi connectivity index (χ0) is 13.4. The van der Waals surface area contributed by atoms with Gasteiger partial charge in [-0.25, -0.2) is 0 Å². The highest BCUT2D eigenvalue weighted by molar-refractivity contribution is 5.32. The van der Waals surface area contributed by atoms with Crippen molar-refractivity contribution in [2.24, 2.45) is 5.92 Å². The lowest BCUT2D eigenvalue weighted by Crippen LogP contribution is -2.26. The summed E-state index contributed by atoms with van der Waals surface area (Å²) in [5.41, 5.74) is -2.22. The molecule has 1 aliphatic carbocycles. The molecule has 1 fully saturated rings. The molecule has 0 aliphatic heterocycles. The number of aliphatic hydroxyl groups is 1. The van der Waals surface area contributed by atoms with Crippen LogP contribution < -0.4 is 0 Å². The van der Waals surface area contributed by atoms with E-state index in [-0.39, 0.29) is 11.5 Å². The topological polar surface area (TPSA) is 33.1 Å². The largest absolute Gasteiger partial charge is 0.416 e. The number of alkyl halides is 3. The van der Waals surface area contributed by atoms with Gasteiger partial charge in [-0.2, -0.15) is 13.2 Å². The number of pyridine rings is 1. The predicted octanol–water partition coefficient (Wildman–Crippen LogP) is 3.50. The molecule has 1 aromatic heterocycles. The first-order valence-corrected chi connectivity index (χ1v) is 6.11. The minimum Gasteiger partial charge on any atom is -0.385 e. The Morgan fingerprint density at radius 3 is 2.78 bits per heavy atom. The molecule has 5 heteroatoms. The van der Waals surface area contributed by atoms with Gasteiger partial charge in [-0.3, -0.25) is 4.98 Å². The summed E-state index contributed by atoms with van der Waals surface area (Å²) < 4.78 is 38.7. The van der Waals surface area contributed by atoms with E-state index < -0.39 is 17.3 Å². The molecule has 18 heavy (non-hydrogen) atoms. The zero-order valence-electron chi connectivity index (χ0n) is 10.2. The fourth-order valence-corrected chi connectivity index (χ4v) is 2.73. The van der Waals surface area contributed by atoms with Gasteiger partial charge in [0.25, 0.3) is 0 Å². The van der Waals surface area contributed by atoms with E-state index >= 15 is 0 Å². The third kappa shape index (κ3) is 2.36. The van der Waals surface area contributed by atoms with Crippen LogP contribution in [0, 0.1) is 5.92 Å². The van der Waals surface area contributed by atoms with Crippen molar-refractivity contribution in [1.29, 1.82) is 0 Å². The van der Waals surface area contributed by atoms with E-state index in [1.54, 1.807) is 0 Å². The van der Waals surface area contributed by atoms with Gasteiger partial charge in [0.15, 0.2) is 0 Å². The Balaban J connectivity index is 2.40. The van der Waals surface area contributed by atoms with Crippen LogP contribution in [0.2, 0.25) is 0 Å². The number of halogens is 3. The van der Waals surface area contributed by atoms with Gasteiger partial charge in [0.05, 0.1) is 11.2 Å². The van der Waals surface area contributed by atoms with E-state index in [1.165, 1.54) is 0 Å². The Bertz CT molecular complexity index is 432. The van der Waals surface area contributed by atoms with Crippen LogP contribution in [-0.4, -0.2) is 10.1 Å². The van der Waals surface area contributed by atoms with Crippen molar-refractivity contribution in [3.63, 3.8) is 0 Å². The minimum absolute atomic E-state index is 0.0755. The molecule has 2 unspecified atom stereocenters. The Hall–Kier alpha value is -1.10. The maximum atomic E-state index is 12.9. The Morgan fingerprint density at radius 2 is 2.22 bits per heavy atom. The van der Waals surface area contributed by atoms with E-state index in [2.05, 4.69) is 4.98 Å². The SMILES string of the molecule is CCC1CCC(O)(c2cnccc2C(F)(F)F)C1. The van der Waals surface area contributed by atoms with Crippen molar-refractivity contribution in [3.05, 3.63) is 29.6 Å². The fraction of sp³-hybridized carbons (Fsp3) is 0.615. The average Bonchev–Trinajstić information content (AvgIpc) is 2.71. The van der Waals surface area contributed by atoms with E-state index in [4.69, 9.17) is 0 Å². The lowest BCUT2D eigenvalue weighted by molar-refractivity contribution is -0.140. The smallest absolute Gasteiger partial charge is 0.385 e. The van der Waals surface area contributed by atoms with Gasteiger partial charge in [-0.1, -0.05) is 13.3 Å². The molecule has 100 valence electrons. The lowest BCUT2D eigenvalue weighted by Gasteiger charge is -2.26. The molecule has 2 atom stereocenters. The molecule has 0 bridgehead atoms. The maximum absolute atomic E-state index is 12.9. The lowest BCUT2D eigenvalue weighted by atomic mass is 9.88. The van der Waals surface area contributed by atoms with Crippen LogP contribution in [0.1, 0.15) is 43.7 Å². The molecule has 1 saturated carbocycles. The third-order valence-corrected chi connectivity index (χ3v) is 3.80. The molecule has 1 heterocycles. The first kappa shape index (κ1) is 13.3. The maximum Gasteiger partial charge on any atom is 0.416 e. The second-order valence-corrected chi connectivity index (χ2v) is 4.97. The van der Waals surface area contributed by atoms with Crippen molar-refractivity contribution < 1.29 is 18.3 Å². The predicted molar refractivity (Wildman–Crippen MR) is 60.8 cm³/mol. The normalized spacial score (nSPS) is 28.6. The highest BCUT2D eigenvalue weighted by Gasteiger charge is 2.44. The zero-order valence-corrected chi connectivity index (χ0v) is 10.2. The Labute approximate surface area is 104 Å². The van der Waals surface area contributed by atoms with Gasteiger partial charge in [0, 0.05) is 18.0 Å². The van der Waals surface area contributed by atoms with E-state index in [0.717, 1.165) is 31.3 Å². The molecule has 0 aromatic carbocycles. The van der Waals surface area contributed by atoms with Gasteiger partial charge >= 0.3 is 6.18 Å². The van der Waals surface area contributed by atoms with Gasteiger partial charge < -0.3 is 5.11 Å². The van der Waals surface area contributed by atoms with Crippen molar-refractivity contribution in [2.45, 2.75) is 44.4 Å². The van der Waals surface area contributed by atoms with Crippen LogP contribution in [0.25, 0.3) is 0 Å². The second kappa shape index (κ2) is 4.53. The molecule has 2 nitrogen and oxygen atoms in total. The summed E-state index contributed by atoms with van der Waals surface area (Å²) in [6.45, 7) is 1.99. The van der Waals surface area contributed by atoms with Gasteiger partial charge in [0.1, 0.15) is 0 Å². The minimum atomic E-state index is -4.45. The molecular weight excluding hydrogens is 243 g/mol. The average molecular weight is 259 g/mol. The summed E-state index contributed by atoms with van der Waals surface area (Å²) in [5, 5.41) is 10.5. The molecule has 2 rings (SSSR count). The molecular formula is C13H16F3NO. The van der Waals surface area contributed by atoms with Crippen LogP contribution in [0.15, 0.2) is 18.5 Å². The number of hydrogen-bond acceptors (Lipinski definition) is 2. The van der Waals surface area contributed by atoms with Gasteiger partial charge in [-0.15, -0.1) is 0 Å². The Morgan fingerprint density at radius 1 is 1.50 bits per heavy atom.